The first-order valence-electron chi connectivity index (χ1n) is 25.9. The van der Waals surface area contributed by atoms with Crippen LogP contribution in [0, 0.1) is 23.5 Å². The number of aliphatic hydroxyl groups is 1. The number of ether oxygens (including phenoxy) is 2. The van der Waals surface area contributed by atoms with Crippen LogP contribution in [0.4, 0.5) is 19.4 Å². The van der Waals surface area contributed by atoms with Crippen molar-refractivity contribution in [1.82, 2.24) is 30.2 Å². The van der Waals surface area contributed by atoms with Gasteiger partial charge in [-0.05, 0) is 106 Å². The molecule has 0 bridgehead atoms. The summed E-state index contributed by atoms with van der Waals surface area (Å²) < 4.78 is 46.3. The number of nitrogens with zero attached hydrogens (tertiary/aromatic N) is 5. The van der Waals surface area contributed by atoms with Gasteiger partial charge in [-0.3, -0.25) is 29.3 Å². The van der Waals surface area contributed by atoms with Crippen molar-refractivity contribution in [3.05, 3.63) is 104 Å². The van der Waals surface area contributed by atoms with Crippen LogP contribution in [0.25, 0.3) is 22.0 Å². The highest BCUT2D eigenvalue weighted by atomic mass is 35.5. The zero-order valence-electron chi connectivity index (χ0n) is 41.9. The molecule has 15 nitrogen and oxygen atoms in total. The van der Waals surface area contributed by atoms with E-state index in [1.807, 2.05) is 43.3 Å². The number of aromatic nitrogens is 2. The molecule has 5 N–H and O–H groups in total. The van der Waals surface area contributed by atoms with Crippen LogP contribution in [0.1, 0.15) is 104 Å². The molecule has 4 fully saturated rings. The summed E-state index contributed by atoms with van der Waals surface area (Å²) in [5, 5.41) is 21.4. The van der Waals surface area contributed by atoms with Crippen molar-refractivity contribution in [2.24, 2.45) is 24.6 Å². The smallest absolute Gasteiger partial charge is 0.329 e. The molecule has 0 radical (unpaired) electrons. The maximum atomic E-state index is 16.5. The number of hydrogen-bond acceptors (Lipinski definition) is 10. The number of fused-ring (bicyclic) bond motifs is 2. The molecule has 3 saturated heterocycles. The number of carbonyl (C=O) groups is 4. The van der Waals surface area contributed by atoms with Gasteiger partial charge in [-0.1, -0.05) is 72.1 Å². The van der Waals surface area contributed by atoms with E-state index >= 15 is 8.78 Å². The van der Waals surface area contributed by atoms with Gasteiger partial charge < -0.3 is 35.4 Å². The number of hydrogen-bond donors (Lipinski definition) is 4. The van der Waals surface area contributed by atoms with Crippen LogP contribution in [0.15, 0.2) is 54.6 Å². The average Bonchev–Trinajstić information content (AvgIpc) is 3.88. The van der Waals surface area contributed by atoms with Gasteiger partial charge in [0.05, 0.1) is 27.7 Å². The number of nitrogens with two attached hydrogens (primary N) is 1. The van der Waals surface area contributed by atoms with E-state index in [0.29, 0.717) is 44.8 Å². The summed E-state index contributed by atoms with van der Waals surface area (Å²) in [6.07, 6.45) is 6.85. The molecule has 4 aliphatic heterocycles. The molecule has 75 heavy (non-hydrogen) atoms. The number of nitrogens with one attached hydrogen (secondary N) is 2. The maximum Gasteiger partial charge on any atom is 0.329 e. The van der Waals surface area contributed by atoms with E-state index in [9.17, 15) is 24.3 Å². The Morgan fingerprint density at radius 2 is 1.64 bits per heavy atom. The molecule has 2 atom stereocenters. The number of aryl methyl sites for hydroxylation is 1. The number of primary amides is 1. The van der Waals surface area contributed by atoms with Crippen LogP contribution in [0.3, 0.4) is 0 Å². The predicted octanol–water partition coefficient (Wildman–Crippen LogP) is 9.05. The Morgan fingerprint density at radius 1 is 0.920 bits per heavy atom. The summed E-state index contributed by atoms with van der Waals surface area (Å²) in [6, 6.07) is 14.7. The topological polar surface area (TPSA) is 185 Å². The van der Waals surface area contributed by atoms with Crippen LogP contribution in [-0.4, -0.2) is 114 Å². The molecule has 1 saturated carbocycles. The minimum atomic E-state index is -1.11. The van der Waals surface area contributed by atoms with Gasteiger partial charge in [0.2, 0.25) is 17.7 Å². The normalized spacial score (nSPS) is 22.9. The number of rotatable bonds is 14. The molecular formula is C55H61Cl3F2N8O7. The van der Waals surface area contributed by atoms with Gasteiger partial charge in [-0.2, -0.15) is 5.10 Å². The largest absolute Gasteiger partial charge is 0.488 e. The number of aliphatic hydroxyl groups excluding tert-OH is 1. The molecule has 1 aromatic heterocycles. The Kier molecular flexibility index (Phi) is 15.4. The number of benzene rings is 4. The second kappa shape index (κ2) is 21.8. The van der Waals surface area contributed by atoms with E-state index < -0.39 is 40.1 Å². The number of likely N-dealkylation sites (tertiary alicyclic amines) is 2. The summed E-state index contributed by atoms with van der Waals surface area (Å²) in [6.45, 7) is 6.06. The number of piperidine rings is 2. The van der Waals surface area contributed by atoms with Gasteiger partial charge in [0.25, 0.3) is 0 Å². The van der Waals surface area contributed by atoms with E-state index in [1.165, 1.54) is 23.1 Å². The van der Waals surface area contributed by atoms with Crippen molar-refractivity contribution >= 4 is 75.3 Å². The Morgan fingerprint density at radius 3 is 2.32 bits per heavy atom. The van der Waals surface area contributed by atoms with Gasteiger partial charge in [0.15, 0.2) is 23.0 Å². The van der Waals surface area contributed by atoms with Crippen molar-refractivity contribution in [2.75, 3.05) is 63.9 Å². The number of amides is 5. The second-order valence-electron chi connectivity index (χ2n) is 20.7. The molecule has 4 aromatic carbocycles. The van der Waals surface area contributed by atoms with E-state index in [-0.39, 0.29) is 84.1 Å². The van der Waals surface area contributed by atoms with Crippen LogP contribution in [0.5, 0.6) is 11.5 Å². The lowest BCUT2D eigenvalue weighted by molar-refractivity contribution is -0.138. The molecular weight excluding hydrogens is 1030 g/mol. The standard InChI is InChI=1S/C55H61Cl3F2N8O7/c1-30-43-41(27-39(59)47(57)46(43)45-36(51(61)71)12-13-40(49(45)60)74-25-24-69)75-55(30,34-6-4-3-5-7-34)29-62-35-10-8-33(9-11-35)53(72)67-21-14-31(15-22-67)28-66-19-16-32(17-20-66)44-38(56)26-37-50(48(44)58)65(2)64-52(37)68-23-18-42(70)63-54(68)73/h3-7,12-13,26-27,30-33,35,62,69H,8-11,14-25,28-29H2,1-2H3,(H2,61,71)(H,63,70,73). The lowest BCUT2D eigenvalue weighted by atomic mass is 9.77. The maximum absolute atomic E-state index is 16.5. The molecule has 398 valence electrons. The monoisotopic (exact) mass is 1090 g/mol. The molecule has 5 amide bonds. The molecule has 5 aromatic rings. The summed E-state index contributed by atoms with van der Waals surface area (Å²) in [4.78, 5) is 57.3. The molecule has 5 heterocycles. The van der Waals surface area contributed by atoms with Crippen molar-refractivity contribution in [3.63, 3.8) is 0 Å². The van der Waals surface area contributed by atoms with Gasteiger partial charge >= 0.3 is 6.03 Å². The van der Waals surface area contributed by atoms with E-state index in [4.69, 9.17) is 50.0 Å². The first kappa shape index (κ1) is 52.9. The lowest BCUT2D eigenvalue weighted by Gasteiger charge is -2.40. The zero-order valence-corrected chi connectivity index (χ0v) is 44.2. The van der Waals surface area contributed by atoms with Crippen LogP contribution < -0.4 is 30.7 Å². The van der Waals surface area contributed by atoms with Crippen LogP contribution in [-0.2, 0) is 22.2 Å². The Balaban J connectivity index is 0.739. The van der Waals surface area contributed by atoms with E-state index in [0.717, 1.165) is 95.2 Å². The molecule has 10 rings (SSSR count). The minimum absolute atomic E-state index is 0.0568. The van der Waals surface area contributed by atoms with Crippen molar-refractivity contribution in [3.8, 4) is 22.6 Å². The van der Waals surface area contributed by atoms with Crippen LogP contribution >= 0.6 is 34.8 Å². The fraction of sp³-hybridized carbons (Fsp3) is 0.473. The van der Waals surface area contributed by atoms with Gasteiger partial charge in [-0.25, -0.2) is 13.6 Å². The summed E-state index contributed by atoms with van der Waals surface area (Å²) >= 11 is 20.8. The Bertz CT molecular complexity index is 3030. The Labute approximate surface area is 448 Å². The van der Waals surface area contributed by atoms with Gasteiger partial charge in [0, 0.05) is 97.2 Å². The third-order valence-electron chi connectivity index (χ3n) is 16.4. The third kappa shape index (κ3) is 10.0. The number of halogens is 5. The van der Waals surface area contributed by atoms with E-state index in [1.54, 1.807) is 11.7 Å². The first-order valence-corrected chi connectivity index (χ1v) is 27.0. The van der Waals surface area contributed by atoms with Crippen LogP contribution in [0.2, 0.25) is 15.1 Å². The van der Waals surface area contributed by atoms with Crippen molar-refractivity contribution in [2.45, 2.75) is 88.2 Å². The second-order valence-corrected chi connectivity index (χ2v) is 21.9. The third-order valence-corrected chi connectivity index (χ3v) is 17.5. The molecule has 1 aliphatic carbocycles. The number of anilines is 1. The van der Waals surface area contributed by atoms with Gasteiger partial charge in [-0.15, -0.1) is 0 Å². The summed E-state index contributed by atoms with van der Waals surface area (Å²) in [5.74, 6) is -2.56. The van der Waals surface area contributed by atoms with Crippen molar-refractivity contribution < 1.29 is 42.5 Å². The fourth-order valence-electron chi connectivity index (χ4n) is 12.4. The highest BCUT2D eigenvalue weighted by Crippen LogP contribution is 2.57. The molecule has 5 aliphatic rings. The molecule has 0 spiro atoms. The quantitative estimate of drug-likeness (QED) is 0.0837. The van der Waals surface area contributed by atoms with Gasteiger partial charge in [0.1, 0.15) is 18.2 Å². The summed E-state index contributed by atoms with van der Waals surface area (Å²) in [7, 11) is 1.79. The van der Waals surface area contributed by atoms with E-state index in [2.05, 4.69) is 25.5 Å². The molecule has 20 heteroatoms. The molecule has 2 unspecified atom stereocenters. The fourth-order valence-corrected chi connectivity index (χ4v) is 13.5. The first-order chi connectivity index (χ1) is 36.1. The number of carbonyl (C=O) groups excluding carboxylic acids is 4. The highest BCUT2D eigenvalue weighted by molar-refractivity contribution is 6.40. The SMILES string of the molecule is CC1c2c(cc(F)c(Cl)c2-c2c(C(N)=O)ccc(OCCO)c2F)OC1(CNC1CCC(C(=O)N2CCC(CN3CCC(c4c(Cl)cc5c(N6CCC(=O)NC6=O)nn(C)c5c4Cl)CC3)CC2)CC1)c1ccccc1. The summed E-state index contributed by atoms with van der Waals surface area (Å²) in [5.41, 5.74) is 6.88. The average molecular weight is 1090 g/mol. The zero-order chi connectivity index (χ0) is 52.9. The predicted molar refractivity (Wildman–Crippen MR) is 283 cm³/mol. The van der Waals surface area contributed by atoms with Crippen molar-refractivity contribution in [1.29, 1.82) is 0 Å². The number of imide groups is 1. The number of urea groups is 1. The highest BCUT2D eigenvalue weighted by Gasteiger charge is 2.50. The lowest BCUT2D eigenvalue weighted by Crippen LogP contribution is -2.49. The Hall–Kier alpha value is -5.56. The minimum Gasteiger partial charge on any atom is -0.488 e.